The molecule has 0 aromatic heterocycles. The van der Waals surface area contributed by atoms with Crippen LogP contribution in [-0.4, -0.2) is 53.0 Å². The number of rotatable bonds is 2. The lowest BCUT2D eigenvalue weighted by Crippen LogP contribution is -2.51. The van der Waals surface area contributed by atoms with Gasteiger partial charge in [-0.05, 0) is 26.0 Å². The van der Waals surface area contributed by atoms with Crippen molar-refractivity contribution >= 4 is 5.91 Å². The van der Waals surface area contributed by atoms with E-state index in [9.17, 15) is 9.90 Å². The maximum absolute atomic E-state index is 12.4. The highest BCUT2D eigenvalue weighted by atomic mass is 16.3. The second-order valence-electron chi connectivity index (χ2n) is 5.15. The van der Waals surface area contributed by atoms with Crippen LogP contribution in [0.4, 0.5) is 0 Å². The van der Waals surface area contributed by atoms with Gasteiger partial charge in [0.15, 0.2) is 0 Å². The Morgan fingerprint density at radius 2 is 2.00 bits per heavy atom. The number of hydrogen-bond donors (Lipinski definition) is 1. The third kappa shape index (κ3) is 2.91. The third-order valence-electron chi connectivity index (χ3n) is 3.72. The fourth-order valence-corrected chi connectivity index (χ4v) is 2.39. The molecule has 5 heteroatoms. The van der Waals surface area contributed by atoms with Gasteiger partial charge in [-0.1, -0.05) is 11.6 Å². The SMILES string of the molecule is Cc1ccc(O)c(C(=O)N2CCN(C(C)C#N)CC2)c1. The van der Waals surface area contributed by atoms with E-state index in [1.165, 1.54) is 0 Å². The highest BCUT2D eigenvalue weighted by molar-refractivity contribution is 5.97. The first-order valence-corrected chi connectivity index (χ1v) is 6.75. The minimum absolute atomic E-state index is 0.0217. The molecule has 0 saturated carbocycles. The van der Waals surface area contributed by atoms with Crippen molar-refractivity contribution in [3.8, 4) is 11.8 Å². The summed E-state index contributed by atoms with van der Waals surface area (Å²) in [6.45, 7) is 6.29. The van der Waals surface area contributed by atoms with Gasteiger partial charge < -0.3 is 10.0 Å². The lowest BCUT2D eigenvalue weighted by atomic mass is 10.1. The summed E-state index contributed by atoms with van der Waals surface area (Å²) in [6.07, 6.45) is 0. The minimum Gasteiger partial charge on any atom is -0.507 e. The Kier molecular flexibility index (Phi) is 4.26. The number of phenolic OH excluding ortho intramolecular Hbond substituents is 1. The van der Waals surface area contributed by atoms with Crippen molar-refractivity contribution in [3.63, 3.8) is 0 Å². The van der Waals surface area contributed by atoms with Crippen molar-refractivity contribution in [3.05, 3.63) is 29.3 Å². The molecule has 0 radical (unpaired) electrons. The molecule has 0 bridgehead atoms. The number of carbonyl (C=O) groups is 1. The summed E-state index contributed by atoms with van der Waals surface area (Å²) < 4.78 is 0. The van der Waals surface area contributed by atoms with Gasteiger partial charge in [0.25, 0.3) is 5.91 Å². The second kappa shape index (κ2) is 5.93. The van der Waals surface area contributed by atoms with Crippen LogP contribution in [0, 0.1) is 18.3 Å². The molecule has 1 unspecified atom stereocenters. The van der Waals surface area contributed by atoms with Crippen LogP contribution in [-0.2, 0) is 0 Å². The predicted octanol–water partition coefficient (Wildman–Crippen LogP) is 1.37. The zero-order valence-electron chi connectivity index (χ0n) is 11.8. The summed E-state index contributed by atoms with van der Waals surface area (Å²) in [5.74, 6) is -0.121. The summed E-state index contributed by atoms with van der Waals surface area (Å²) in [7, 11) is 0. The highest BCUT2D eigenvalue weighted by Crippen LogP contribution is 2.21. The molecule has 2 rings (SSSR count). The number of amides is 1. The van der Waals surface area contributed by atoms with E-state index in [2.05, 4.69) is 11.0 Å². The molecule has 5 nitrogen and oxygen atoms in total. The van der Waals surface area contributed by atoms with Gasteiger partial charge in [-0.2, -0.15) is 5.26 Å². The summed E-state index contributed by atoms with van der Waals surface area (Å²) in [5.41, 5.74) is 1.30. The maximum Gasteiger partial charge on any atom is 0.257 e. The van der Waals surface area contributed by atoms with Crippen LogP contribution in [0.15, 0.2) is 18.2 Å². The molecule has 1 amide bonds. The molecule has 1 saturated heterocycles. The zero-order valence-corrected chi connectivity index (χ0v) is 11.8. The molecule has 106 valence electrons. The van der Waals surface area contributed by atoms with E-state index in [4.69, 9.17) is 5.26 Å². The van der Waals surface area contributed by atoms with E-state index in [1.807, 2.05) is 13.8 Å². The maximum atomic E-state index is 12.4. The smallest absolute Gasteiger partial charge is 0.257 e. The second-order valence-corrected chi connectivity index (χ2v) is 5.15. The average molecular weight is 273 g/mol. The van der Waals surface area contributed by atoms with Crippen molar-refractivity contribution in [2.75, 3.05) is 26.2 Å². The normalized spacial score (nSPS) is 17.6. The molecule has 0 spiro atoms. The van der Waals surface area contributed by atoms with Gasteiger partial charge in [-0.15, -0.1) is 0 Å². The number of benzene rings is 1. The molecule has 1 aliphatic heterocycles. The van der Waals surface area contributed by atoms with Crippen LogP contribution in [0.1, 0.15) is 22.8 Å². The molecule has 1 heterocycles. The van der Waals surface area contributed by atoms with E-state index in [0.717, 1.165) is 5.56 Å². The van der Waals surface area contributed by atoms with Crippen LogP contribution in [0.5, 0.6) is 5.75 Å². The largest absolute Gasteiger partial charge is 0.507 e. The van der Waals surface area contributed by atoms with Crippen molar-refractivity contribution in [1.82, 2.24) is 9.80 Å². The fraction of sp³-hybridized carbons (Fsp3) is 0.467. The number of nitrogens with zero attached hydrogens (tertiary/aromatic N) is 3. The van der Waals surface area contributed by atoms with Crippen LogP contribution >= 0.6 is 0 Å². The van der Waals surface area contributed by atoms with Crippen LogP contribution in [0.2, 0.25) is 0 Å². The average Bonchev–Trinajstić information content (AvgIpc) is 2.48. The molecule has 1 aromatic carbocycles. The number of aromatic hydroxyl groups is 1. The van der Waals surface area contributed by atoms with Crippen molar-refractivity contribution in [2.24, 2.45) is 0 Å². The van der Waals surface area contributed by atoms with Crippen molar-refractivity contribution in [1.29, 1.82) is 5.26 Å². The summed E-state index contributed by atoms with van der Waals surface area (Å²) in [4.78, 5) is 16.2. The van der Waals surface area contributed by atoms with Gasteiger partial charge in [0.2, 0.25) is 0 Å². The quantitative estimate of drug-likeness (QED) is 0.883. The molecule has 1 N–H and O–H groups in total. The Labute approximate surface area is 119 Å². The number of nitriles is 1. The fourth-order valence-electron chi connectivity index (χ4n) is 2.39. The Hall–Kier alpha value is -2.06. The first kappa shape index (κ1) is 14.4. The lowest BCUT2D eigenvalue weighted by molar-refractivity contribution is 0.0613. The van der Waals surface area contributed by atoms with Crippen LogP contribution in [0.3, 0.4) is 0 Å². The number of piperazine rings is 1. The molecule has 1 fully saturated rings. The van der Waals surface area contributed by atoms with E-state index < -0.39 is 0 Å². The highest BCUT2D eigenvalue weighted by Gasteiger charge is 2.25. The first-order valence-electron chi connectivity index (χ1n) is 6.75. The van der Waals surface area contributed by atoms with Crippen LogP contribution < -0.4 is 0 Å². The number of carbonyl (C=O) groups excluding carboxylic acids is 1. The van der Waals surface area contributed by atoms with Gasteiger partial charge >= 0.3 is 0 Å². The number of hydrogen-bond acceptors (Lipinski definition) is 4. The van der Waals surface area contributed by atoms with Crippen molar-refractivity contribution < 1.29 is 9.90 Å². The Bertz CT molecular complexity index is 543. The monoisotopic (exact) mass is 273 g/mol. The van der Waals surface area contributed by atoms with Crippen LogP contribution in [0.25, 0.3) is 0 Å². The third-order valence-corrected chi connectivity index (χ3v) is 3.72. The number of aryl methyl sites for hydroxylation is 1. The molecule has 1 aromatic rings. The van der Waals surface area contributed by atoms with Gasteiger partial charge in [-0.25, -0.2) is 0 Å². The molecule has 20 heavy (non-hydrogen) atoms. The van der Waals surface area contributed by atoms with Gasteiger partial charge in [0.05, 0.1) is 17.7 Å². The van der Waals surface area contributed by atoms with Gasteiger partial charge in [0, 0.05) is 26.2 Å². The van der Waals surface area contributed by atoms with Gasteiger partial charge in [0.1, 0.15) is 5.75 Å². The number of phenols is 1. The molecular formula is C15H19N3O2. The van der Waals surface area contributed by atoms with E-state index in [1.54, 1.807) is 23.1 Å². The van der Waals surface area contributed by atoms with E-state index >= 15 is 0 Å². The summed E-state index contributed by atoms with van der Waals surface area (Å²) >= 11 is 0. The lowest BCUT2D eigenvalue weighted by Gasteiger charge is -2.36. The molecular weight excluding hydrogens is 254 g/mol. The van der Waals surface area contributed by atoms with Crippen molar-refractivity contribution in [2.45, 2.75) is 19.9 Å². The zero-order chi connectivity index (χ0) is 14.7. The molecule has 1 atom stereocenters. The summed E-state index contributed by atoms with van der Waals surface area (Å²) in [5, 5.41) is 18.7. The van der Waals surface area contributed by atoms with E-state index in [0.29, 0.717) is 31.7 Å². The minimum atomic E-state index is -0.143. The van der Waals surface area contributed by atoms with E-state index in [-0.39, 0.29) is 17.7 Å². The Morgan fingerprint density at radius 3 is 2.60 bits per heavy atom. The summed E-state index contributed by atoms with van der Waals surface area (Å²) in [6, 6.07) is 7.12. The first-order chi connectivity index (χ1) is 9.52. The molecule has 0 aliphatic carbocycles. The Balaban J connectivity index is 2.05. The topological polar surface area (TPSA) is 67.6 Å². The van der Waals surface area contributed by atoms with Gasteiger partial charge in [-0.3, -0.25) is 9.69 Å². The Morgan fingerprint density at radius 1 is 1.35 bits per heavy atom. The standard InChI is InChI=1S/C15H19N3O2/c1-11-3-4-14(19)13(9-11)15(20)18-7-5-17(6-8-18)12(2)10-16/h3-4,9,12,19H,5-8H2,1-2H3. The predicted molar refractivity (Wildman–Crippen MR) is 75.4 cm³/mol. The molecule has 1 aliphatic rings.